The minimum absolute atomic E-state index is 0.117. The van der Waals surface area contributed by atoms with E-state index in [2.05, 4.69) is 0 Å². The Balaban J connectivity index is 1.77. The molecule has 128 valence electrons. The molecule has 0 radical (unpaired) electrons. The summed E-state index contributed by atoms with van der Waals surface area (Å²) in [6, 6.07) is 15.5. The van der Waals surface area contributed by atoms with Crippen molar-refractivity contribution in [3.05, 3.63) is 65.2 Å². The highest BCUT2D eigenvalue weighted by Gasteiger charge is 2.31. The van der Waals surface area contributed by atoms with Crippen LogP contribution in [0.4, 0.5) is 5.69 Å². The van der Waals surface area contributed by atoms with Crippen LogP contribution in [0.1, 0.15) is 35.6 Å². The van der Waals surface area contributed by atoms with Gasteiger partial charge in [0.05, 0.1) is 17.5 Å². The van der Waals surface area contributed by atoms with Crippen LogP contribution < -0.4 is 4.31 Å². The monoisotopic (exact) mass is 345 g/mol. The van der Waals surface area contributed by atoms with Crippen molar-refractivity contribution in [3.63, 3.8) is 0 Å². The molecule has 3 rings (SSSR count). The molecule has 1 heterocycles. The van der Waals surface area contributed by atoms with Gasteiger partial charge in [-0.1, -0.05) is 48.5 Å². The zero-order chi connectivity index (χ0) is 17.2. The highest BCUT2D eigenvalue weighted by molar-refractivity contribution is 7.92. The summed E-state index contributed by atoms with van der Waals surface area (Å²) in [5.74, 6) is 0.117. The Labute approximate surface area is 143 Å². The number of hydrogen-bond donors (Lipinski definition) is 1. The highest BCUT2D eigenvalue weighted by atomic mass is 32.2. The molecule has 1 aliphatic heterocycles. The minimum atomic E-state index is -3.39. The average Bonchev–Trinajstić information content (AvgIpc) is 2.56. The fourth-order valence-electron chi connectivity index (χ4n) is 3.29. The maximum Gasteiger partial charge on any atom is 0.235 e. The van der Waals surface area contributed by atoms with Gasteiger partial charge in [0.25, 0.3) is 0 Å². The van der Waals surface area contributed by atoms with Gasteiger partial charge in [0.1, 0.15) is 0 Å². The van der Waals surface area contributed by atoms with Gasteiger partial charge >= 0.3 is 0 Å². The lowest BCUT2D eigenvalue weighted by Gasteiger charge is -2.34. The first-order valence-corrected chi connectivity index (χ1v) is 9.92. The Morgan fingerprint density at radius 2 is 1.88 bits per heavy atom. The van der Waals surface area contributed by atoms with Crippen molar-refractivity contribution in [2.75, 3.05) is 16.6 Å². The Morgan fingerprint density at radius 3 is 2.62 bits per heavy atom. The molecule has 1 aliphatic rings. The normalized spacial score (nSPS) is 17.6. The first kappa shape index (κ1) is 17.0. The molecule has 0 aliphatic carbocycles. The third-order valence-corrected chi connectivity index (χ3v) is 6.37. The van der Waals surface area contributed by atoms with Crippen LogP contribution in [0.3, 0.4) is 0 Å². The number of benzene rings is 2. The zero-order valence-corrected chi connectivity index (χ0v) is 14.7. The predicted molar refractivity (Wildman–Crippen MR) is 96.7 cm³/mol. The lowest BCUT2D eigenvalue weighted by Crippen LogP contribution is -2.38. The second kappa shape index (κ2) is 6.95. The first-order valence-electron chi connectivity index (χ1n) is 8.31. The van der Waals surface area contributed by atoms with Gasteiger partial charge in [0.2, 0.25) is 10.0 Å². The van der Waals surface area contributed by atoms with E-state index in [1.54, 1.807) is 0 Å². The van der Waals surface area contributed by atoms with E-state index in [4.69, 9.17) is 0 Å². The molecule has 1 atom stereocenters. The number of para-hydroxylation sites is 1. The molecule has 24 heavy (non-hydrogen) atoms. The number of nitrogens with zero attached hydrogens (tertiary/aromatic N) is 1. The predicted octanol–water partition coefficient (Wildman–Crippen LogP) is 3.20. The van der Waals surface area contributed by atoms with Gasteiger partial charge < -0.3 is 5.11 Å². The van der Waals surface area contributed by atoms with Gasteiger partial charge in [-0.05, 0) is 37.3 Å². The number of anilines is 1. The fourth-order valence-corrected chi connectivity index (χ4v) is 4.93. The molecular formula is C19H23NO3S. The van der Waals surface area contributed by atoms with Crippen LogP contribution >= 0.6 is 0 Å². The molecule has 2 aromatic rings. The summed E-state index contributed by atoms with van der Waals surface area (Å²) in [6.45, 7) is 2.23. The molecule has 0 aromatic heterocycles. The number of aliphatic hydroxyl groups excluding tert-OH is 1. The van der Waals surface area contributed by atoms with E-state index in [0.29, 0.717) is 30.6 Å². The lowest BCUT2D eigenvalue weighted by atomic mass is 9.98. The van der Waals surface area contributed by atoms with E-state index in [1.165, 1.54) is 4.31 Å². The summed E-state index contributed by atoms with van der Waals surface area (Å²) >= 11 is 0. The molecule has 5 heteroatoms. The molecular weight excluding hydrogens is 322 g/mol. The Bertz CT molecular complexity index is 803. The molecule has 1 N–H and O–H groups in total. The summed E-state index contributed by atoms with van der Waals surface area (Å²) in [7, 11) is -3.39. The van der Waals surface area contributed by atoms with Crippen LogP contribution in [0, 0.1) is 6.92 Å². The van der Waals surface area contributed by atoms with Crippen molar-refractivity contribution in [1.29, 1.82) is 0 Å². The molecule has 0 saturated carbocycles. The van der Waals surface area contributed by atoms with Gasteiger partial charge in [-0.15, -0.1) is 0 Å². The summed E-state index contributed by atoms with van der Waals surface area (Å²) in [5.41, 5.74) is 3.42. The van der Waals surface area contributed by atoms with Gasteiger partial charge in [0.15, 0.2) is 0 Å². The molecule has 0 spiro atoms. The highest BCUT2D eigenvalue weighted by Crippen LogP contribution is 2.37. The van der Waals surface area contributed by atoms with Crippen molar-refractivity contribution < 1.29 is 13.5 Å². The van der Waals surface area contributed by atoms with Gasteiger partial charge in [0, 0.05) is 12.1 Å². The maximum absolute atomic E-state index is 12.8. The molecule has 4 nitrogen and oxygen atoms in total. The van der Waals surface area contributed by atoms with E-state index in [9.17, 15) is 13.5 Å². The fraction of sp³-hybridized carbons (Fsp3) is 0.368. The van der Waals surface area contributed by atoms with E-state index in [0.717, 1.165) is 17.5 Å². The zero-order valence-electron chi connectivity index (χ0n) is 13.9. The summed E-state index contributed by atoms with van der Waals surface area (Å²) < 4.78 is 27.2. The van der Waals surface area contributed by atoms with E-state index >= 15 is 0 Å². The van der Waals surface area contributed by atoms with Crippen molar-refractivity contribution in [3.8, 4) is 0 Å². The topological polar surface area (TPSA) is 57.6 Å². The number of aryl methyl sites for hydroxylation is 2. The third kappa shape index (κ3) is 3.47. The average molecular weight is 345 g/mol. The molecule has 1 unspecified atom stereocenters. The van der Waals surface area contributed by atoms with Crippen LogP contribution in [0.15, 0.2) is 48.5 Å². The van der Waals surface area contributed by atoms with Crippen molar-refractivity contribution >= 4 is 15.7 Å². The van der Waals surface area contributed by atoms with Crippen LogP contribution in [0.25, 0.3) is 0 Å². The molecule has 0 saturated heterocycles. The molecule has 0 amide bonds. The number of sulfonamides is 1. The van der Waals surface area contributed by atoms with Gasteiger partial charge in [-0.3, -0.25) is 4.31 Å². The standard InChI is InChI=1S/C19H23NO3S/c1-15-7-5-11-17-18(21)12-13-20(19(15)17)24(22,23)14-6-10-16-8-3-2-4-9-16/h2-5,7-9,11,18,21H,6,10,12-14H2,1H3. The van der Waals surface area contributed by atoms with E-state index in [-0.39, 0.29) is 5.75 Å². The largest absolute Gasteiger partial charge is 0.388 e. The smallest absolute Gasteiger partial charge is 0.235 e. The van der Waals surface area contributed by atoms with Crippen LogP contribution in [0.2, 0.25) is 0 Å². The Morgan fingerprint density at radius 1 is 1.12 bits per heavy atom. The second-order valence-electron chi connectivity index (χ2n) is 6.29. The summed E-state index contributed by atoms with van der Waals surface area (Å²) in [6.07, 6.45) is 1.19. The Kier molecular flexibility index (Phi) is 4.92. The molecule has 0 fully saturated rings. The number of rotatable bonds is 5. The lowest BCUT2D eigenvalue weighted by molar-refractivity contribution is 0.166. The van der Waals surface area contributed by atoms with E-state index in [1.807, 2.05) is 55.5 Å². The Hall–Kier alpha value is -1.85. The van der Waals surface area contributed by atoms with Crippen molar-refractivity contribution in [2.24, 2.45) is 0 Å². The van der Waals surface area contributed by atoms with Crippen LogP contribution in [0.5, 0.6) is 0 Å². The maximum atomic E-state index is 12.8. The van der Waals surface area contributed by atoms with Crippen LogP contribution in [-0.2, 0) is 16.4 Å². The number of hydrogen-bond acceptors (Lipinski definition) is 3. The second-order valence-corrected chi connectivity index (χ2v) is 8.31. The molecule has 2 aromatic carbocycles. The third-order valence-electron chi connectivity index (χ3n) is 4.53. The van der Waals surface area contributed by atoms with Crippen molar-refractivity contribution in [1.82, 2.24) is 0 Å². The summed E-state index contributed by atoms with van der Waals surface area (Å²) in [4.78, 5) is 0. The van der Waals surface area contributed by atoms with Crippen molar-refractivity contribution in [2.45, 2.75) is 32.3 Å². The van der Waals surface area contributed by atoms with Crippen LogP contribution in [-0.4, -0.2) is 25.8 Å². The molecule has 0 bridgehead atoms. The quantitative estimate of drug-likeness (QED) is 0.905. The van der Waals surface area contributed by atoms with Gasteiger partial charge in [-0.2, -0.15) is 0 Å². The minimum Gasteiger partial charge on any atom is -0.388 e. The van der Waals surface area contributed by atoms with E-state index < -0.39 is 16.1 Å². The SMILES string of the molecule is Cc1cccc2c1N(S(=O)(=O)CCCc1ccccc1)CCC2O. The summed E-state index contributed by atoms with van der Waals surface area (Å²) in [5, 5.41) is 10.2. The first-order chi connectivity index (χ1) is 11.5. The number of aliphatic hydroxyl groups is 1. The van der Waals surface area contributed by atoms with Gasteiger partial charge in [-0.25, -0.2) is 8.42 Å². The number of fused-ring (bicyclic) bond motifs is 1.